The SMILES string of the molecule is COc1ccc(CNC(=O)c2ccnc(C(=O)NCC3CCCO3)c2)cc1OC. The number of carbonyl (C=O) groups is 2. The van der Waals surface area contributed by atoms with E-state index in [4.69, 9.17) is 14.2 Å². The number of amides is 2. The molecule has 1 aromatic heterocycles. The Morgan fingerprint density at radius 1 is 1.10 bits per heavy atom. The van der Waals surface area contributed by atoms with E-state index in [2.05, 4.69) is 15.6 Å². The summed E-state index contributed by atoms with van der Waals surface area (Å²) in [5.41, 5.74) is 1.42. The van der Waals surface area contributed by atoms with Gasteiger partial charge in [0.2, 0.25) is 0 Å². The van der Waals surface area contributed by atoms with Crippen molar-refractivity contribution in [3.63, 3.8) is 0 Å². The molecule has 2 amide bonds. The first-order valence-electron chi connectivity index (χ1n) is 9.45. The molecular formula is C21H25N3O5. The summed E-state index contributed by atoms with van der Waals surface area (Å²) >= 11 is 0. The maximum Gasteiger partial charge on any atom is 0.269 e. The van der Waals surface area contributed by atoms with Crippen molar-refractivity contribution in [2.24, 2.45) is 0 Å². The van der Waals surface area contributed by atoms with E-state index in [1.807, 2.05) is 6.07 Å². The fourth-order valence-corrected chi connectivity index (χ4v) is 3.07. The lowest BCUT2D eigenvalue weighted by Gasteiger charge is -2.11. The second-order valence-electron chi connectivity index (χ2n) is 6.65. The number of aromatic nitrogens is 1. The second kappa shape index (κ2) is 9.88. The summed E-state index contributed by atoms with van der Waals surface area (Å²) in [4.78, 5) is 28.9. The molecule has 154 valence electrons. The molecule has 8 heteroatoms. The van der Waals surface area contributed by atoms with Gasteiger partial charge in [-0.2, -0.15) is 0 Å². The van der Waals surface area contributed by atoms with Gasteiger partial charge in [0, 0.05) is 31.5 Å². The van der Waals surface area contributed by atoms with Crippen molar-refractivity contribution in [1.82, 2.24) is 15.6 Å². The van der Waals surface area contributed by atoms with E-state index in [0.717, 1.165) is 25.0 Å². The van der Waals surface area contributed by atoms with Crippen molar-refractivity contribution in [3.8, 4) is 11.5 Å². The van der Waals surface area contributed by atoms with E-state index in [1.54, 1.807) is 32.4 Å². The third kappa shape index (κ3) is 5.45. The Balaban J connectivity index is 1.58. The highest BCUT2D eigenvalue weighted by molar-refractivity contribution is 5.98. The standard InChI is InChI=1S/C21H25N3O5/c1-27-18-6-5-14(10-19(18)28-2)12-23-20(25)15-7-8-22-17(11-15)21(26)24-13-16-4-3-9-29-16/h5-8,10-11,16H,3-4,9,12-13H2,1-2H3,(H,23,25)(H,24,26). The molecule has 8 nitrogen and oxygen atoms in total. The monoisotopic (exact) mass is 399 g/mol. The summed E-state index contributed by atoms with van der Waals surface area (Å²) in [5.74, 6) is 0.592. The Morgan fingerprint density at radius 2 is 1.93 bits per heavy atom. The minimum absolute atomic E-state index is 0.0481. The van der Waals surface area contributed by atoms with Crippen LogP contribution in [0.1, 0.15) is 39.3 Å². The van der Waals surface area contributed by atoms with Crippen LogP contribution in [0, 0.1) is 0 Å². The lowest BCUT2D eigenvalue weighted by atomic mass is 10.1. The summed E-state index contributed by atoms with van der Waals surface area (Å²) in [7, 11) is 3.12. The number of nitrogens with one attached hydrogen (secondary N) is 2. The number of ether oxygens (including phenoxy) is 3. The van der Waals surface area contributed by atoms with Gasteiger partial charge in [0.1, 0.15) is 5.69 Å². The number of carbonyl (C=O) groups excluding carboxylic acids is 2. The average Bonchev–Trinajstić information content (AvgIpc) is 3.29. The molecule has 2 heterocycles. The lowest BCUT2D eigenvalue weighted by molar-refractivity contribution is 0.0853. The zero-order valence-electron chi connectivity index (χ0n) is 16.6. The number of pyridine rings is 1. The van der Waals surface area contributed by atoms with Crippen LogP contribution in [0.4, 0.5) is 0 Å². The van der Waals surface area contributed by atoms with E-state index in [-0.39, 0.29) is 23.6 Å². The first-order valence-corrected chi connectivity index (χ1v) is 9.45. The summed E-state index contributed by atoms with van der Waals surface area (Å²) in [5, 5.41) is 5.64. The third-order valence-electron chi connectivity index (χ3n) is 4.67. The van der Waals surface area contributed by atoms with Gasteiger partial charge in [-0.05, 0) is 42.7 Å². The van der Waals surface area contributed by atoms with E-state index in [0.29, 0.717) is 30.2 Å². The van der Waals surface area contributed by atoms with Crippen LogP contribution in [0.2, 0.25) is 0 Å². The van der Waals surface area contributed by atoms with Crippen LogP contribution in [-0.2, 0) is 11.3 Å². The molecule has 0 bridgehead atoms. The Hall–Kier alpha value is -3.13. The first-order chi connectivity index (χ1) is 14.1. The first kappa shape index (κ1) is 20.6. The molecule has 29 heavy (non-hydrogen) atoms. The Kier molecular flexibility index (Phi) is 7.02. The quantitative estimate of drug-likeness (QED) is 0.704. The molecule has 1 aliphatic rings. The zero-order chi connectivity index (χ0) is 20.6. The van der Waals surface area contributed by atoms with Crippen molar-refractivity contribution in [2.45, 2.75) is 25.5 Å². The van der Waals surface area contributed by atoms with Crippen LogP contribution in [0.5, 0.6) is 11.5 Å². The summed E-state index contributed by atoms with van der Waals surface area (Å²) in [6, 6.07) is 8.48. The Morgan fingerprint density at radius 3 is 2.66 bits per heavy atom. The highest BCUT2D eigenvalue weighted by Gasteiger charge is 2.18. The number of nitrogens with zero attached hydrogens (tertiary/aromatic N) is 1. The predicted molar refractivity (Wildman–Crippen MR) is 106 cm³/mol. The van der Waals surface area contributed by atoms with Gasteiger partial charge >= 0.3 is 0 Å². The molecular weight excluding hydrogens is 374 g/mol. The van der Waals surface area contributed by atoms with Gasteiger partial charge in [0.15, 0.2) is 11.5 Å². The molecule has 0 spiro atoms. The van der Waals surface area contributed by atoms with Crippen molar-refractivity contribution in [1.29, 1.82) is 0 Å². The number of hydrogen-bond acceptors (Lipinski definition) is 6. The van der Waals surface area contributed by atoms with Crippen LogP contribution in [-0.4, -0.2) is 50.3 Å². The van der Waals surface area contributed by atoms with E-state index in [1.165, 1.54) is 12.3 Å². The lowest BCUT2D eigenvalue weighted by Crippen LogP contribution is -2.32. The highest BCUT2D eigenvalue weighted by atomic mass is 16.5. The number of benzene rings is 1. The molecule has 1 fully saturated rings. The average molecular weight is 399 g/mol. The Bertz CT molecular complexity index is 865. The van der Waals surface area contributed by atoms with Crippen molar-refractivity contribution in [3.05, 3.63) is 53.3 Å². The number of methoxy groups -OCH3 is 2. The Labute approximate surface area is 169 Å². The molecule has 0 saturated carbocycles. The van der Waals surface area contributed by atoms with E-state index in [9.17, 15) is 9.59 Å². The predicted octanol–water partition coefficient (Wildman–Crippen LogP) is 1.94. The van der Waals surface area contributed by atoms with Gasteiger partial charge in [0.05, 0.1) is 20.3 Å². The smallest absolute Gasteiger partial charge is 0.269 e. The van der Waals surface area contributed by atoms with Gasteiger partial charge in [0.25, 0.3) is 11.8 Å². The van der Waals surface area contributed by atoms with Crippen molar-refractivity contribution >= 4 is 11.8 Å². The molecule has 2 aromatic rings. The van der Waals surface area contributed by atoms with Gasteiger partial charge in [-0.3, -0.25) is 14.6 Å². The van der Waals surface area contributed by atoms with Gasteiger partial charge < -0.3 is 24.8 Å². The molecule has 1 saturated heterocycles. The van der Waals surface area contributed by atoms with Gasteiger partial charge in [-0.15, -0.1) is 0 Å². The van der Waals surface area contributed by atoms with Gasteiger partial charge in [-0.1, -0.05) is 6.07 Å². The van der Waals surface area contributed by atoms with Crippen molar-refractivity contribution in [2.75, 3.05) is 27.4 Å². The number of rotatable bonds is 8. The van der Waals surface area contributed by atoms with E-state index >= 15 is 0 Å². The summed E-state index contributed by atoms with van der Waals surface area (Å²) < 4.78 is 16.0. The maximum atomic E-state index is 12.5. The van der Waals surface area contributed by atoms with Crippen LogP contribution in [0.25, 0.3) is 0 Å². The topological polar surface area (TPSA) is 98.8 Å². The normalized spacial score (nSPS) is 15.6. The van der Waals surface area contributed by atoms with Crippen LogP contribution < -0.4 is 20.1 Å². The molecule has 1 aromatic carbocycles. The van der Waals surface area contributed by atoms with Crippen LogP contribution in [0.3, 0.4) is 0 Å². The molecule has 1 atom stereocenters. The molecule has 2 N–H and O–H groups in total. The second-order valence-corrected chi connectivity index (χ2v) is 6.65. The summed E-state index contributed by atoms with van der Waals surface area (Å²) in [6.45, 7) is 1.48. The minimum Gasteiger partial charge on any atom is -0.493 e. The van der Waals surface area contributed by atoms with Crippen LogP contribution >= 0.6 is 0 Å². The molecule has 1 aliphatic heterocycles. The number of hydrogen-bond donors (Lipinski definition) is 2. The fourth-order valence-electron chi connectivity index (χ4n) is 3.07. The largest absolute Gasteiger partial charge is 0.493 e. The highest BCUT2D eigenvalue weighted by Crippen LogP contribution is 2.27. The third-order valence-corrected chi connectivity index (χ3v) is 4.67. The van der Waals surface area contributed by atoms with Crippen LogP contribution in [0.15, 0.2) is 36.5 Å². The summed E-state index contributed by atoms with van der Waals surface area (Å²) in [6.07, 6.45) is 3.44. The van der Waals surface area contributed by atoms with Gasteiger partial charge in [-0.25, -0.2) is 0 Å². The minimum atomic E-state index is -0.324. The van der Waals surface area contributed by atoms with E-state index < -0.39 is 0 Å². The molecule has 0 radical (unpaired) electrons. The zero-order valence-corrected chi connectivity index (χ0v) is 16.6. The fraction of sp³-hybridized carbons (Fsp3) is 0.381. The molecule has 1 unspecified atom stereocenters. The maximum absolute atomic E-state index is 12.5. The van der Waals surface area contributed by atoms with Crippen molar-refractivity contribution < 1.29 is 23.8 Å². The molecule has 0 aliphatic carbocycles. The molecule has 3 rings (SSSR count).